The number of hydrogen-bond acceptors (Lipinski definition) is 2. The van der Waals surface area contributed by atoms with Gasteiger partial charge in [0, 0.05) is 26.2 Å². The van der Waals surface area contributed by atoms with Gasteiger partial charge in [-0.25, -0.2) is 0 Å². The van der Waals surface area contributed by atoms with Crippen molar-refractivity contribution in [1.82, 2.24) is 9.80 Å². The van der Waals surface area contributed by atoms with E-state index in [0.29, 0.717) is 0 Å². The molecule has 0 spiro atoms. The quantitative estimate of drug-likeness (QED) is 0.617. The molecule has 0 unspecified atom stereocenters. The standard InChI is InChI=1S/C10H20N2/c1-3-12-7-10(8-12)4-9-5-11(2)6-9/h9-10H,3-8H2,1-2H3. The van der Waals surface area contributed by atoms with E-state index in [1.54, 1.807) is 0 Å². The van der Waals surface area contributed by atoms with Gasteiger partial charge in [-0.2, -0.15) is 0 Å². The average molecular weight is 168 g/mol. The van der Waals surface area contributed by atoms with Crippen molar-refractivity contribution in [3.05, 3.63) is 0 Å². The van der Waals surface area contributed by atoms with Crippen LogP contribution in [0.2, 0.25) is 0 Å². The van der Waals surface area contributed by atoms with E-state index in [9.17, 15) is 0 Å². The fourth-order valence-electron chi connectivity index (χ4n) is 2.53. The number of likely N-dealkylation sites (tertiary alicyclic amines) is 2. The first-order valence-electron chi connectivity index (χ1n) is 5.18. The molecule has 70 valence electrons. The van der Waals surface area contributed by atoms with Crippen molar-refractivity contribution < 1.29 is 0 Å². The van der Waals surface area contributed by atoms with Gasteiger partial charge in [0.2, 0.25) is 0 Å². The van der Waals surface area contributed by atoms with Crippen LogP contribution >= 0.6 is 0 Å². The van der Waals surface area contributed by atoms with E-state index in [2.05, 4.69) is 23.8 Å². The molecular formula is C10H20N2. The molecule has 12 heavy (non-hydrogen) atoms. The third-order valence-electron chi connectivity index (χ3n) is 3.29. The SMILES string of the molecule is CCN1CC(CC2CN(C)C2)C1. The third-order valence-corrected chi connectivity index (χ3v) is 3.29. The highest BCUT2D eigenvalue weighted by Gasteiger charge is 2.31. The molecule has 2 rings (SSSR count). The molecular weight excluding hydrogens is 148 g/mol. The van der Waals surface area contributed by atoms with Gasteiger partial charge in [-0.1, -0.05) is 6.92 Å². The summed E-state index contributed by atoms with van der Waals surface area (Å²) in [5.74, 6) is 2.06. The molecule has 0 bridgehead atoms. The predicted octanol–water partition coefficient (Wildman–Crippen LogP) is 0.890. The molecule has 2 heterocycles. The van der Waals surface area contributed by atoms with Crippen molar-refractivity contribution in [2.45, 2.75) is 13.3 Å². The second kappa shape index (κ2) is 3.35. The summed E-state index contributed by atoms with van der Waals surface area (Å²) in [6, 6.07) is 0. The zero-order valence-electron chi connectivity index (χ0n) is 8.29. The highest BCUT2D eigenvalue weighted by molar-refractivity contribution is 4.85. The van der Waals surface area contributed by atoms with Gasteiger partial charge in [-0.3, -0.25) is 0 Å². The normalized spacial score (nSPS) is 28.5. The summed E-state index contributed by atoms with van der Waals surface area (Å²) < 4.78 is 0. The Hall–Kier alpha value is -0.0800. The molecule has 0 aliphatic carbocycles. The summed E-state index contributed by atoms with van der Waals surface area (Å²) in [6.45, 7) is 8.95. The molecule has 0 saturated carbocycles. The molecule has 0 aromatic heterocycles. The molecule has 2 aliphatic heterocycles. The lowest BCUT2D eigenvalue weighted by Gasteiger charge is -2.44. The van der Waals surface area contributed by atoms with Crippen molar-refractivity contribution in [3.63, 3.8) is 0 Å². The predicted molar refractivity (Wildman–Crippen MR) is 51.2 cm³/mol. The largest absolute Gasteiger partial charge is 0.306 e. The highest BCUT2D eigenvalue weighted by atomic mass is 15.2. The topological polar surface area (TPSA) is 6.48 Å². The Balaban J connectivity index is 1.58. The summed E-state index contributed by atoms with van der Waals surface area (Å²) >= 11 is 0. The molecule has 0 aromatic rings. The van der Waals surface area contributed by atoms with E-state index in [-0.39, 0.29) is 0 Å². The molecule has 0 atom stereocenters. The molecule has 2 saturated heterocycles. The van der Waals surface area contributed by atoms with Gasteiger partial charge in [0.25, 0.3) is 0 Å². The lowest BCUT2D eigenvalue weighted by atomic mass is 9.85. The van der Waals surface area contributed by atoms with E-state index in [1.165, 1.54) is 39.1 Å². The smallest absolute Gasteiger partial charge is 0.00220 e. The summed E-state index contributed by atoms with van der Waals surface area (Å²) in [6.07, 6.45) is 1.49. The number of hydrogen-bond donors (Lipinski definition) is 0. The average Bonchev–Trinajstić information content (AvgIpc) is 1.91. The van der Waals surface area contributed by atoms with Crippen LogP contribution in [-0.2, 0) is 0 Å². The van der Waals surface area contributed by atoms with Gasteiger partial charge in [0.05, 0.1) is 0 Å². The molecule has 2 aliphatic rings. The zero-order chi connectivity index (χ0) is 8.55. The number of rotatable bonds is 3. The Labute approximate surface area is 75.5 Å². The lowest BCUT2D eigenvalue weighted by Crippen LogP contribution is -2.51. The van der Waals surface area contributed by atoms with Crippen LogP contribution < -0.4 is 0 Å². The minimum Gasteiger partial charge on any atom is -0.306 e. The Kier molecular flexibility index (Phi) is 2.37. The van der Waals surface area contributed by atoms with Crippen LogP contribution in [0.25, 0.3) is 0 Å². The van der Waals surface area contributed by atoms with Gasteiger partial charge in [0.1, 0.15) is 0 Å². The molecule has 2 fully saturated rings. The third kappa shape index (κ3) is 1.64. The van der Waals surface area contributed by atoms with Crippen molar-refractivity contribution in [2.75, 3.05) is 39.8 Å². The van der Waals surface area contributed by atoms with Crippen molar-refractivity contribution >= 4 is 0 Å². The Bertz CT molecular complexity index is 146. The Morgan fingerprint density at radius 2 is 1.67 bits per heavy atom. The van der Waals surface area contributed by atoms with Crippen molar-refractivity contribution in [1.29, 1.82) is 0 Å². The van der Waals surface area contributed by atoms with Crippen LogP contribution in [0.4, 0.5) is 0 Å². The van der Waals surface area contributed by atoms with Crippen LogP contribution in [0.5, 0.6) is 0 Å². The first-order chi connectivity index (χ1) is 5.78. The maximum atomic E-state index is 2.53. The summed E-state index contributed by atoms with van der Waals surface area (Å²) in [4.78, 5) is 4.95. The fraction of sp³-hybridized carbons (Fsp3) is 1.00. The molecule has 2 nitrogen and oxygen atoms in total. The summed E-state index contributed by atoms with van der Waals surface area (Å²) in [5.41, 5.74) is 0. The van der Waals surface area contributed by atoms with Gasteiger partial charge < -0.3 is 9.80 Å². The van der Waals surface area contributed by atoms with Crippen LogP contribution in [0.15, 0.2) is 0 Å². The van der Waals surface area contributed by atoms with E-state index in [0.717, 1.165) is 11.8 Å². The van der Waals surface area contributed by atoms with Crippen LogP contribution in [0.1, 0.15) is 13.3 Å². The molecule has 0 aromatic carbocycles. The lowest BCUT2D eigenvalue weighted by molar-refractivity contribution is 0.0456. The molecule has 2 heteroatoms. The van der Waals surface area contributed by atoms with Gasteiger partial charge in [0.15, 0.2) is 0 Å². The first kappa shape index (κ1) is 8.52. The second-order valence-electron chi connectivity index (χ2n) is 4.54. The summed E-state index contributed by atoms with van der Waals surface area (Å²) in [5, 5.41) is 0. The van der Waals surface area contributed by atoms with Crippen LogP contribution in [-0.4, -0.2) is 49.6 Å². The van der Waals surface area contributed by atoms with Crippen LogP contribution in [0, 0.1) is 11.8 Å². The Morgan fingerprint density at radius 1 is 1.08 bits per heavy atom. The van der Waals surface area contributed by atoms with Crippen LogP contribution in [0.3, 0.4) is 0 Å². The van der Waals surface area contributed by atoms with Gasteiger partial charge in [-0.15, -0.1) is 0 Å². The Morgan fingerprint density at radius 3 is 2.17 bits per heavy atom. The fourth-order valence-corrected chi connectivity index (χ4v) is 2.53. The molecule has 0 radical (unpaired) electrons. The maximum Gasteiger partial charge on any atom is 0.00220 e. The van der Waals surface area contributed by atoms with E-state index >= 15 is 0 Å². The minimum absolute atomic E-state index is 1.03. The van der Waals surface area contributed by atoms with E-state index < -0.39 is 0 Å². The van der Waals surface area contributed by atoms with Crippen molar-refractivity contribution in [2.24, 2.45) is 11.8 Å². The molecule has 0 amide bonds. The van der Waals surface area contributed by atoms with Gasteiger partial charge >= 0.3 is 0 Å². The molecule has 0 N–H and O–H groups in total. The first-order valence-corrected chi connectivity index (χ1v) is 5.18. The monoisotopic (exact) mass is 168 g/mol. The van der Waals surface area contributed by atoms with Crippen molar-refractivity contribution in [3.8, 4) is 0 Å². The van der Waals surface area contributed by atoms with Gasteiger partial charge in [-0.05, 0) is 31.8 Å². The zero-order valence-corrected chi connectivity index (χ0v) is 8.29. The maximum absolute atomic E-state index is 2.53. The minimum atomic E-state index is 1.03. The summed E-state index contributed by atoms with van der Waals surface area (Å²) in [7, 11) is 2.22. The second-order valence-corrected chi connectivity index (χ2v) is 4.54. The highest BCUT2D eigenvalue weighted by Crippen LogP contribution is 2.27. The van der Waals surface area contributed by atoms with E-state index in [4.69, 9.17) is 0 Å². The van der Waals surface area contributed by atoms with E-state index in [1.807, 2.05) is 0 Å². The number of nitrogens with zero attached hydrogens (tertiary/aromatic N) is 2.